The van der Waals surface area contributed by atoms with Crippen molar-refractivity contribution in [3.63, 3.8) is 0 Å². The van der Waals surface area contributed by atoms with E-state index in [1.54, 1.807) is 17.1 Å². The second-order valence-electron chi connectivity index (χ2n) is 6.17. The number of benzene rings is 1. The van der Waals surface area contributed by atoms with Crippen molar-refractivity contribution in [1.29, 1.82) is 0 Å². The Morgan fingerprint density at radius 1 is 1.21 bits per heavy atom. The van der Waals surface area contributed by atoms with Crippen molar-refractivity contribution in [3.05, 3.63) is 42.5 Å². The molecule has 8 nitrogen and oxygen atoms in total. The van der Waals surface area contributed by atoms with Crippen molar-refractivity contribution in [2.45, 2.75) is 31.7 Å². The van der Waals surface area contributed by atoms with Gasteiger partial charge in [0.25, 0.3) is 0 Å². The molecule has 0 radical (unpaired) electrons. The maximum absolute atomic E-state index is 12.9. The Bertz CT molecular complexity index is 864. The highest BCUT2D eigenvalue weighted by molar-refractivity contribution is 7.89. The highest BCUT2D eigenvalue weighted by Crippen LogP contribution is 2.10. The summed E-state index contributed by atoms with van der Waals surface area (Å²) in [6, 6.07) is 4.48. The van der Waals surface area contributed by atoms with Crippen LogP contribution in [-0.2, 0) is 21.4 Å². The number of carbonyl (C=O) groups excluding carboxylic acids is 1. The van der Waals surface area contributed by atoms with E-state index in [9.17, 15) is 17.6 Å². The number of hydrogen-bond acceptors (Lipinski definition) is 5. The smallest absolute Gasteiger partial charge is 0.240 e. The molecule has 0 aliphatic carbocycles. The molecule has 1 aromatic heterocycles. The van der Waals surface area contributed by atoms with E-state index in [-0.39, 0.29) is 23.8 Å². The molecule has 0 fully saturated rings. The molecule has 10 heteroatoms. The molecule has 2 rings (SSSR count). The van der Waals surface area contributed by atoms with E-state index < -0.39 is 15.8 Å². The first-order chi connectivity index (χ1) is 13.3. The van der Waals surface area contributed by atoms with Gasteiger partial charge in [-0.1, -0.05) is 13.8 Å². The molecule has 0 unspecified atom stereocenters. The van der Waals surface area contributed by atoms with Gasteiger partial charge in [-0.15, -0.1) is 0 Å². The summed E-state index contributed by atoms with van der Waals surface area (Å²) in [5.74, 6) is -0.846. The normalized spacial score (nSPS) is 11.7. The molecule has 0 bridgehead atoms. The van der Waals surface area contributed by atoms with Crippen molar-refractivity contribution >= 4 is 21.6 Å². The van der Waals surface area contributed by atoms with Gasteiger partial charge in [-0.3, -0.25) is 9.48 Å². The van der Waals surface area contributed by atoms with Crippen LogP contribution in [0, 0.1) is 5.82 Å². The number of nitrogens with one attached hydrogen (secondary N) is 2. The average Bonchev–Trinajstić information content (AvgIpc) is 3.10. The Morgan fingerprint density at radius 3 is 2.54 bits per heavy atom. The van der Waals surface area contributed by atoms with Crippen molar-refractivity contribution in [3.8, 4) is 0 Å². The van der Waals surface area contributed by atoms with Crippen molar-refractivity contribution in [2.24, 2.45) is 0 Å². The summed E-state index contributed by atoms with van der Waals surface area (Å²) in [6.07, 6.45) is 3.26. The maximum Gasteiger partial charge on any atom is 0.240 e. The fourth-order valence-electron chi connectivity index (χ4n) is 2.55. The maximum atomic E-state index is 12.9. The monoisotopic (exact) mass is 411 g/mol. The number of halogens is 1. The van der Waals surface area contributed by atoms with Gasteiger partial charge in [0, 0.05) is 25.7 Å². The van der Waals surface area contributed by atoms with Gasteiger partial charge in [0.1, 0.15) is 5.82 Å². The van der Waals surface area contributed by atoms with Gasteiger partial charge in [0.2, 0.25) is 15.9 Å². The Kier molecular flexibility index (Phi) is 8.09. The molecule has 1 amide bonds. The third kappa shape index (κ3) is 6.70. The van der Waals surface area contributed by atoms with Crippen LogP contribution in [0.15, 0.2) is 41.6 Å². The predicted octanol–water partition coefficient (Wildman–Crippen LogP) is 1.67. The lowest BCUT2D eigenvalue weighted by Crippen LogP contribution is -2.28. The minimum Gasteiger partial charge on any atom is -0.323 e. The first-order valence-electron chi connectivity index (χ1n) is 9.14. The van der Waals surface area contributed by atoms with Crippen LogP contribution in [0.5, 0.6) is 0 Å². The minimum absolute atomic E-state index is 0.0367. The molecular weight excluding hydrogens is 385 g/mol. The van der Waals surface area contributed by atoms with E-state index in [4.69, 9.17) is 0 Å². The van der Waals surface area contributed by atoms with Gasteiger partial charge in [0.15, 0.2) is 0 Å². The Balaban J connectivity index is 1.77. The molecule has 0 atom stereocenters. The first-order valence-corrected chi connectivity index (χ1v) is 10.6. The molecule has 1 aromatic carbocycles. The summed E-state index contributed by atoms with van der Waals surface area (Å²) in [5.41, 5.74) is 0.561. The lowest BCUT2D eigenvalue weighted by molar-refractivity contribution is -0.116. The second-order valence-corrected chi connectivity index (χ2v) is 7.94. The van der Waals surface area contributed by atoms with E-state index >= 15 is 0 Å². The van der Waals surface area contributed by atoms with Gasteiger partial charge >= 0.3 is 0 Å². The molecule has 28 heavy (non-hydrogen) atoms. The lowest BCUT2D eigenvalue weighted by atomic mass is 10.4. The minimum atomic E-state index is -3.78. The summed E-state index contributed by atoms with van der Waals surface area (Å²) in [6.45, 7) is 7.65. The van der Waals surface area contributed by atoms with Crippen LogP contribution in [0.2, 0.25) is 0 Å². The zero-order chi connectivity index (χ0) is 20.6. The Hall–Kier alpha value is -2.30. The molecule has 0 aliphatic rings. The number of carbonyl (C=O) groups is 1. The number of hydrogen-bond donors (Lipinski definition) is 2. The van der Waals surface area contributed by atoms with E-state index in [2.05, 4.69) is 33.9 Å². The van der Waals surface area contributed by atoms with Crippen LogP contribution < -0.4 is 10.0 Å². The number of anilines is 1. The number of aromatic nitrogens is 2. The third-order valence-electron chi connectivity index (χ3n) is 4.22. The molecule has 0 saturated carbocycles. The predicted molar refractivity (Wildman–Crippen MR) is 105 cm³/mol. The average molecular weight is 412 g/mol. The molecule has 0 spiro atoms. The quantitative estimate of drug-likeness (QED) is 0.586. The van der Waals surface area contributed by atoms with E-state index in [1.165, 1.54) is 12.1 Å². The number of amides is 1. The fraction of sp³-hybridized carbons (Fsp3) is 0.444. The lowest BCUT2D eigenvalue weighted by Gasteiger charge is -2.17. The van der Waals surface area contributed by atoms with Crippen LogP contribution in [0.25, 0.3) is 0 Å². The van der Waals surface area contributed by atoms with E-state index in [1.807, 2.05) is 0 Å². The SMILES string of the molecule is CCN(CC)CCn1cc(NC(=O)CCNS(=O)(=O)c2ccc(F)cc2)cn1. The molecule has 154 valence electrons. The molecule has 1 heterocycles. The zero-order valence-electron chi connectivity index (χ0n) is 16.1. The highest BCUT2D eigenvalue weighted by Gasteiger charge is 2.14. The standard InChI is InChI=1S/C18H26FN5O3S/c1-3-23(4-2)11-12-24-14-16(13-20-24)22-18(25)9-10-21-28(26,27)17-7-5-15(19)6-8-17/h5-8,13-14,21H,3-4,9-12H2,1-2H3,(H,22,25). The summed E-state index contributed by atoms with van der Waals surface area (Å²) >= 11 is 0. The number of nitrogens with zero attached hydrogens (tertiary/aromatic N) is 3. The van der Waals surface area contributed by atoms with Crippen molar-refractivity contribution < 1.29 is 17.6 Å². The van der Waals surface area contributed by atoms with Gasteiger partial charge in [-0.05, 0) is 37.4 Å². The van der Waals surface area contributed by atoms with Crippen LogP contribution >= 0.6 is 0 Å². The van der Waals surface area contributed by atoms with Crippen LogP contribution in [0.4, 0.5) is 10.1 Å². The molecule has 0 aliphatic heterocycles. The van der Waals surface area contributed by atoms with Gasteiger partial charge < -0.3 is 10.2 Å². The van der Waals surface area contributed by atoms with E-state index in [0.29, 0.717) is 5.69 Å². The molecular formula is C18H26FN5O3S. The second kappa shape index (κ2) is 10.3. The molecule has 0 saturated heterocycles. The van der Waals surface area contributed by atoms with E-state index in [0.717, 1.165) is 38.3 Å². The number of rotatable bonds is 11. The fourth-order valence-corrected chi connectivity index (χ4v) is 3.59. The zero-order valence-corrected chi connectivity index (χ0v) is 16.9. The summed E-state index contributed by atoms with van der Waals surface area (Å²) in [4.78, 5) is 14.2. The topological polar surface area (TPSA) is 96.3 Å². The van der Waals surface area contributed by atoms with Gasteiger partial charge in [-0.2, -0.15) is 5.10 Å². The Morgan fingerprint density at radius 2 is 1.89 bits per heavy atom. The van der Waals surface area contributed by atoms with Crippen LogP contribution in [-0.4, -0.2) is 55.2 Å². The summed E-state index contributed by atoms with van der Waals surface area (Å²) in [7, 11) is -3.78. The molecule has 2 aromatic rings. The van der Waals surface area contributed by atoms with Gasteiger partial charge in [-0.25, -0.2) is 17.5 Å². The highest BCUT2D eigenvalue weighted by atomic mass is 32.2. The number of sulfonamides is 1. The molecule has 2 N–H and O–H groups in total. The van der Waals surface area contributed by atoms with Crippen molar-refractivity contribution in [1.82, 2.24) is 19.4 Å². The number of likely N-dealkylation sites (N-methyl/N-ethyl adjacent to an activating group) is 1. The largest absolute Gasteiger partial charge is 0.323 e. The van der Waals surface area contributed by atoms with Crippen molar-refractivity contribution in [2.75, 3.05) is 31.5 Å². The summed E-state index contributed by atoms with van der Waals surface area (Å²) < 4.78 is 41.1. The Labute approximate surface area is 164 Å². The van der Waals surface area contributed by atoms with Gasteiger partial charge in [0.05, 0.1) is 23.3 Å². The summed E-state index contributed by atoms with van der Waals surface area (Å²) in [5, 5.41) is 6.90. The van der Waals surface area contributed by atoms with Crippen LogP contribution in [0.3, 0.4) is 0 Å². The van der Waals surface area contributed by atoms with Crippen LogP contribution in [0.1, 0.15) is 20.3 Å². The first kappa shape index (κ1) is 22.0. The third-order valence-corrected chi connectivity index (χ3v) is 5.70.